The normalized spacial score (nSPS) is 16.1. The molecule has 1 amide bonds. The quantitative estimate of drug-likeness (QED) is 0.516. The zero-order chi connectivity index (χ0) is 22.7. The Morgan fingerprint density at radius 1 is 1.22 bits per heavy atom. The molecular weight excluding hydrogens is 443 g/mol. The molecule has 9 heteroatoms. The Kier molecular flexibility index (Phi) is 6.23. The summed E-state index contributed by atoms with van der Waals surface area (Å²) in [5, 5.41) is 7.84. The van der Waals surface area contributed by atoms with E-state index in [1.165, 1.54) is 0 Å². The molecule has 1 aliphatic rings. The van der Waals surface area contributed by atoms with Gasteiger partial charge < -0.3 is 10.1 Å². The number of allylic oxidation sites excluding steroid dienone is 4. The fourth-order valence-electron chi connectivity index (χ4n) is 3.41. The van der Waals surface area contributed by atoms with Gasteiger partial charge in [-0.2, -0.15) is 18.3 Å². The van der Waals surface area contributed by atoms with Crippen LogP contribution in [0, 0.1) is 0 Å². The molecule has 0 fully saturated rings. The predicted molar refractivity (Wildman–Crippen MR) is 116 cm³/mol. The minimum atomic E-state index is -4.66. The molecule has 1 atom stereocenters. The van der Waals surface area contributed by atoms with Crippen molar-refractivity contribution in [3.8, 4) is 5.88 Å². The number of nitrogens with zero attached hydrogens (tertiary/aromatic N) is 2. The SMILES string of the molecule is O=C(COc1cc(C(F)(F)F)nn1C1=CC=CCC1Cl)NCc1cccc2ccccc12. The van der Waals surface area contributed by atoms with E-state index >= 15 is 0 Å². The Morgan fingerprint density at radius 2 is 2.00 bits per heavy atom. The summed E-state index contributed by atoms with van der Waals surface area (Å²) >= 11 is 6.24. The summed E-state index contributed by atoms with van der Waals surface area (Å²) in [7, 11) is 0. The molecule has 0 saturated heterocycles. The van der Waals surface area contributed by atoms with Gasteiger partial charge in [-0.15, -0.1) is 11.6 Å². The number of alkyl halides is 4. The molecule has 1 aromatic heterocycles. The molecule has 0 aliphatic heterocycles. The van der Waals surface area contributed by atoms with Crippen molar-refractivity contribution < 1.29 is 22.7 Å². The number of carbonyl (C=O) groups excluding carboxylic acids is 1. The summed E-state index contributed by atoms with van der Waals surface area (Å²) in [4.78, 5) is 12.3. The highest BCUT2D eigenvalue weighted by Crippen LogP contribution is 2.34. The molecule has 1 heterocycles. The monoisotopic (exact) mass is 461 g/mol. The molecule has 0 saturated carbocycles. The first-order chi connectivity index (χ1) is 15.3. The van der Waals surface area contributed by atoms with Crippen LogP contribution in [0.5, 0.6) is 5.88 Å². The van der Waals surface area contributed by atoms with Crippen LogP contribution in [0.1, 0.15) is 17.7 Å². The molecule has 0 radical (unpaired) electrons. The molecule has 1 aliphatic carbocycles. The molecule has 2 aromatic carbocycles. The van der Waals surface area contributed by atoms with E-state index in [-0.39, 0.29) is 12.4 Å². The minimum Gasteiger partial charge on any atom is -0.467 e. The van der Waals surface area contributed by atoms with Crippen LogP contribution in [0.15, 0.2) is 66.8 Å². The largest absolute Gasteiger partial charge is 0.467 e. The van der Waals surface area contributed by atoms with Gasteiger partial charge in [-0.3, -0.25) is 4.79 Å². The van der Waals surface area contributed by atoms with Crippen LogP contribution >= 0.6 is 11.6 Å². The fourth-order valence-corrected chi connectivity index (χ4v) is 3.68. The molecule has 32 heavy (non-hydrogen) atoms. The van der Waals surface area contributed by atoms with Crippen molar-refractivity contribution in [2.24, 2.45) is 0 Å². The van der Waals surface area contributed by atoms with Gasteiger partial charge in [0.05, 0.1) is 11.1 Å². The lowest BCUT2D eigenvalue weighted by atomic mass is 10.0. The van der Waals surface area contributed by atoms with Crippen molar-refractivity contribution >= 4 is 34.0 Å². The zero-order valence-corrected chi connectivity index (χ0v) is 17.5. The topological polar surface area (TPSA) is 56.1 Å². The molecule has 5 nitrogen and oxygen atoms in total. The summed E-state index contributed by atoms with van der Waals surface area (Å²) in [5.41, 5.74) is 0.142. The summed E-state index contributed by atoms with van der Waals surface area (Å²) in [6.07, 6.45) is 0.842. The Labute approximate surface area is 187 Å². The van der Waals surface area contributed by atoms with Gasteiger partial charge in [0.2, 0.25) is 5.88 Å². The zero-order valence-electron chi connectivity index (χ0n) is 16.8. The van der Waals surface area contributed by atoms with Gasteiger partial charge in [-0.05, 0) is 28.8 Å². The number of fused-ring (bicyclic) bond motifs is 1. The minimum absolute atomic E-state index is 0.204. The van der Waals surface area contributed by atoms with Gasteiger partial charge >= 0.3 is 6.18 Å². The summed E-state index contributed by atoms with van der Waals surface area (Å²) in [6.45, 7) is -0.208. The molecule has 4 rings (SSSR count). The smallest absolute Gasteiger partial charge is 0.435 e. The Hall–Kier alpha value is -3.26. The first-order valence-corrected chi connectivity index (χ1v) is 10.3. The third kappa shape index (κ3) is 4.80. The molecular formula is C23H19ClF3N3O2. The number of hydrogen-bond acceptors (Lipinski definition) is 3. The van der Waals surface area contributed by atoms with Crippen molar-refractivity contribution in [1.82, 2.24) is 15.1 Å². The van der Waals surface area contributed by atoms with Crippen LogP contribution < -0.4 is 10.1 Å². The number of carbonyl (C=O) groups is 1. The van der Waals surface area contributed by atoms with Gasteiger partial charge in [-0.1, -0.05) is 54.6 Å². The maximum atomic E-state index is 13.2. The highest BCUT2D eigenvalue weighted by molar-refractivity contribution is 6.25. The number of hydrogen-bond donors (Lipinski definition) is 1. The average molecular weight is 462 g/mol. The summed E-state index contributed by atoms with van der Waals surface area (Å²) in [5.74, 6) is -0.677. The van der Waals surface area contributed by atoms with Crippen LogP contribution in [0.25, 0.3) is 16.5 Å². The number of amides is 1. The fraction of sp³-hybridized carbons (Fsp3) is 0.217. The second-order valence-corrected chi connectivity index (χ2v) is 7.73. The van der Waals surface area contributed by atoms with Crippen LogP contribution in [0.3, 0.4) is 0 Å². The van der Waals surface area contributed by atoms with Gasteiger partial charge in [0.1, 0.15) is 0 Å². The first-order valence-electron chi connectivity index (χ1n) is 9.87. The molecule has 3 aromatic rings. The maximum absolute atomic E-state index is 13.2. The number of rotatable bonds is 6. The molecule has 1 unspecified atom stereocenters. The van der Waals surface area contributed by atoms with E-state index in [0.29, 0.717) is 12.1 Å². The van der Waals surface area contributed by atoms with E-state index in [1.807, 2.05) is 42.5 Å². The highest BCUT2D eigenvalue weighted by Gasteiger charge is 2.36. The lowest BCUT2D eigenvalue weighted by Gasteiger charge is -2.17. The van der Waals surface area contributed by atoms with Crippen molar-refractivity contribution in [1.29, 1.82) is 0 Å². The van der Waals surface area contributed by atoms with Crippen molar-refractivity contribution in [2.75, 3.05) is 6.61 Å². The van der Waals surface area contributed by atoms with E-state index in [0.717, 1.165) is 27.1 Å². The Bertz CT molecular complexity index is 1200. The third-order valence-corrected chi connectivity index (χ3v) is 5.39. The summed E-state index contributed by atoms with van der Waals surface area (Å²) < 4.78 is 46.0. The van der Waals surface area contributed by atoms with Crippen LogP contribution in [0.4, 0.5) is 13.2 Å². The summed E-state index contributed by atoms with van der Waals surface area (Å²) in [6, 6.07) is 14.3. The third-order valence-electron chi connectivity index (χ3n) is 4.99. The second-order valence-electron chi connectivity index (χ2n) is 7.20. The maximum Gasteiger partial charge on any atom is 0.435 e. The second kappa shape index (κ2) is 9.08. The highest BCUT2D eigenvalue weighted by atomic mass is 35.5. The van der Waals surface area contributed by atoms with Crippen LogP contribution in [-0.2, 0) is 17.5 Å². The van der Waals surface area contributed by atoms with Crippen molar-refractivity contribution in [2.45, 2.75) is 24.5 Å². The molecule has 0 bridgehead atoms. The standard InChI is InChI=1S/C23H19ClF3N3O2/c24-18-10-3-4-11-19(18)30-22(12-20(29-30)23(25,26)27)32-14-21(31)28-13-16-8-5-7-15-6-1-2-9-17(15)16/h1-9,11-12,18H,10,13-14H2,(H,28,31). The lowest BCUT2D eigenvalue weighted by molar-refractivity contribution is -0.141. The van der Waals surface area contributed by atoms with Crippen molar-refractivity contribution in [3.05, 3.63) is 78.0 Å². The van der Waals surface area contributed by atoms with Gasteiger partial charge in [0.25, 0.3) is 5.91 Å². The van der Waals surface area contributed by atoms with E-state index in [9.17, 15) is 18.0 Å². The number of ether oxygens (including phenoxy) is 1. The predicted octanol–water partition coefficient (Wildman–Crippen LogP) is 5.16. The van der Waals surface area contributed by atoms with E-state index < -0.39 is 29.8 Å². The molecule has 0 spiro atoms. The number of halogens is 4. The van der Waals surface area contributed by atoms with Gasteiger partial charge in [-0.25, -0.2) is 4.68 Å². The van der Waals surface area contributed by atoms with Crippen molar-refractivity contribution in [3.63, 3.8) is 0 Å². The van der Waals surface area contributed by atoms with E-state index in [2.05, 4.69) is 10.4 Å². The number of nitrogens with one attached hydrogen (secondary N) is 1. The number of aromatic nitrogens is 2. The van der Waals surface area contributed by atoms with E-state index in [4.69, 9.17) is 16.3 Å². The Balaban J connectivity index is 1.47. The van der Waals surface area contributed by atoms with Gasteiger partial charge in [0, 0.05) is 12.6 Å². The van der Waals surface area contributed by atoms with Gasteiger partial charge in [0.15, 0.2) is 12.3 Å². The molecule has 1 N–H and O–H groups in total. The van der Waals surface area contributed by atoms with E-state index in [1.54, 1.807) is 18.2 Å². The Morgan fingerprint density at radius 3 is 2.78 bits per heavy atom. The lowest BCUT2D eigenvalue weighted by Crippen LogP contribution is -2.29. The van der Waals surface area contributed by atoms with Crippen LogP contribution in [-0.4, -0.2) is 27.7 Å². The molecule has 166 valence electrons. The number of benzene rings is 2. The van der Waals surface area contributed by atoms with Crippen LogP contribution in [0.2, 0.25) is 0 Å². The first kappa shape index (κ1) is 22.0. The average Bonchev–Trinajstić information content (AvgIpc) is 3.21.